The van der Waals surface area contributed by atoms with E-state index in [1.807, 2.05) is 6.07 Å². The monoisotopic (exact) mass is 176 g/mol. The van der Waals surface area contributed by atoms with Crippen molar-refractivity contribution in [3.8, 4) is 5.75 Å². The van der Waals surface area contributed by atoms with Gasteiger partial charge in [0.25, 0.3) is 0 Å². The van der Waals surface area contributed by atoms with E-state index >= 15 is 0 Å². The first-order valence-electron chi connectivity index (χ1n) is 4.92. The molecule has 0 amide bonds. The summed E-state index contributed by atoms with van der Waals surface area (Å²) in [7, 11) is 0. The molecule has 1 aliphatic carbocycles. The maximum absolute atomic E-state index is 9.79. The molecule has 1 heteroatoms. The number of rotatable bonds is 0. The lowest BCUT2D eigenvalue weighted by molar-refractivity contribution is 0.392. The van der Waals surface area contributed by atoms with Crippen molar-refractivity contribution in [3.63, 3.8) is 0 Å². The first-order chi connectivity index (χ1) is 6.11. The molecule has 1 N–H and O–H groups in total. The van der Waals surface area contributed by atoms with Gasteiger partial charge in [-0.3, -0.25) is 0 Å². The van der Waals surface area contributed by atoms with Crippen molar-refractivity contribution in [3.05, 3.63) is 29.3 Å². The van der Waals surface area contributed by atoms with Crippen molar-refractivity contribution in [1.29, 1.82) is 0 Å². The molecule has 0 radical (unpaired) electrons. The molecule has 0 aliphatic heterocycles. The number of hydrogen-bond acceptors (Lipinski definition) is 1. The minimum Gasteiger partial charge on any atom is -0.508 e. The third kappa shape index (κ3) is 1.32. The summed E-state index contributed by atoms with van der Waals surface area (Å²) < 4.78 is 0. The summed E-state index contributed by atoms with van der Waals surface area (Å²) in [6.07, 6.45) is 3.54. The highest BCUT2D eigenvalue weighted by atomic mass is 16.3. The summed E-state index contributed by atoms with van der Waals surface area (Å²) in [6.45, 7) is 4.43. The summed E-state index contributed by atoms with van der Waals surface area (Å²) >= 11 is 0. The van der Waals surface area contributed by atoms with Crippen LogP contribution in [0.5, 0.6) is 5.75 Å². The van der Waals surface area contributed by atoms with Crippen LogP contribution < -0.4 is 0 Å². The van der Waals surface area contributed by atoms with Crippen LogP contribution in [0.2, 0.25) is 0 Å². The van der Waals surface area contributed by atoms with Gasteiger partial charge >= 0.3 is 0 Å². The van der Waals surface area contributed by atoms with E-state index < -0.39 is 0 Å². The molecular formula is C12H16O. The number of phenols is 1. The van der Waals surface area contributed by atoms with Crippen LogP contribution in [0.3, 0.4) is 0 Å². The second kappa shape index (κ2) is 2.76. The Morgan fingerprint density at radius 1 is 1.31 bits per heavy atom. The quantitative estimate of drug-likeness (QED) is 0.644. The fourth-order valence-corrected chi connectivity index (χ4v) is 2.42. The van der Waals surface area contributed by atoms with E-state index in [-0.39, 0.29) is 5.41 Å². The Balaban J connectivity index is 2.61. The Morgan fingerprint density at radius 3 is 2.77 bits per heavy atom. The zero-order chi connectivity index (χ0) is 9.47. The highest BCUT2D eigenvalue weighted by Gasteiger charge is 2.29. The molecule has 0 spiro atoms. The van der Waals surface area contributed by atoms with E-state index in [1.54, 1.807) is 6.07 Å². The maximum atomic E-state index is 9.79. The second-order valence-electron chi connectivity index (χ2n) is 4.55. The summed E-state index contributed by atoms with van der Waals surface area (Å²) in [5.74, 6) is 0.474. The predicted molar refractivity (Wildman–Crippen MR) is 54.1 cm³/mol. The van der Waals surface area contributed by atoms with E-state index in [1.165, 1.54) is 24.0 Å². The topological polar surface area (TPSA) is 20.2 Å². The van der Waals surface area contributed by atoms with Gasteiger partial charge < -0.3 is 5.11 Å². The molecule has 1 aromatic carbocycles. The van der Waals surface area contributed by atoms with Crippen molar-refractivity contribution < 1.29 is 5.11 Å². The van der Waals surface area contributed by atoms with Gasteiger partial charge in [-0.15, -0.1) is 0 Å². The molecule has 1 aromatic rings. The van der Waals surface area contributed by atoms with E-state index in [0.29, 0.717) is 5.75 Å². The van der Waals surface area contributed by atoms with Crippen LogP contribution in [0, 0.1) is 0 Å². The molecule has 0 fully saturated rings. The molecule has 0 aromatic heterocycles. The number of aromatic hydroxyl groups is 1. The third-order valence-electron chi connectivity index (χ3n) is 3.05. The van der Waals surface area contributed by atoms with Crippen LogP contribution in [0.25, 0.3) is 0 Å². The smallest absolute Gasteiger partial charge is 0.119 e. The third-order valence-corrected chi connectivity index (χ3v) is 3.05. The Labute approximate surface area is 79.4 Å². The van der Waals surface area contributed by atoms with Gasteiger partial charge in [-0.05, 0) is 36.3 Å². The average molecular weight is 176 g/mol. The number of aryl methyl sites for hydroxylation is 1. The van der Waals surface area contributed by atoms with Gasteiger partial charge in [0.2, 0.25) is 0 Å². The van der Waals surface area contributed by atoms with Gasteiger partial charge in [-0.25, -0.2) is 0 Å². The first-order valence-corrected chi connectivity index (χ1v) is 4.92. The van der Waals surface area contributed by atoms with E-state index in [4.69, 9.17) is 0 Å². The van der Waals surface area contributed by atoms with Gasteiger partial charge in [-0.1, -0.05) is 26.0 Å². The van der Waals surface area contributed by atoms with Gasteiger partial charge in [0, 0.05) is 5.56 Å². The molecule has 0 bridgehead atoms. The van der Waals surface area contributed by atoms with Crippen LogP contribution >= 0.6 is 0 Å². The van der Waals surface area contributed by atoms with E-state index in [2.05, 4.69) is 19.9 Å². The van der Waals surface area contributed by atoms with Crippen molar-refractivity contribution in [2.75, 3.05) is 0 Å². The van der Waals surface area contributed by atoms with E-state index in [0.717, 1.165) is 6.42 Å². The Morgan fingerprint density at radius 2 is 2.08 bits per heavy atom. The zero-order valence-electron chi connectivity index (χ0n) is 8.30. The van der Waals surface area contributed by atoms with Gasteiger partial charge in [0.1, 0.15) is 5.75 Å². The number of hydrogen-bond donors (Lipinski definition) is 1. The SMILES string of the molecule is CC1(C)CCCc2cccc(O)c21. The Bertz CT molecular complexity index is 326. The molecule has 70 valence electrons. The van der Waals surface area contributed by atoms with Crippen molar-refractivity contribution >= 4 is 0 Å². The highest BCUT2D eigenvalue weighted by Crippen LogP contribution is 2.41. The second-order valence-corrected chi connectivity index (χ2v) is 4.55. The van der Waals surface area contributed by atoms with Crippen LogP contribution in [0.15, 0.2) is 18.2 Å². The lowest BCUT2D eigenvalue weighted by Gasteiger charge is -2.32. The molecule has 1 nitrogen and oxygen atoms in total. The first kappa shape index (κ1) is 8.61. The number of fused-ring (bicyclic) bond motifs is 1. The van der Waals surface area contributed by atoms with Crippen molar-refractivity contribution in [2.45, 2.75) is 38.5 Å². The minimum atomic E-state index is 0.152. The summed E-state index contributed by atoms with van der Waals surface area (Å²) in [6, 6.07) is 5.87. The maximum Gasteiger partial charge on any atom is 0.119 e. The summed E-state index contributed by atoms with van der Waals surface area (Å²) in [5.41, 5.74) is 2.65. The molecular weight excluding hydrogens is 160 g/mol. The lowest BCUT2D eigenvalue weighted by atomic mass is 9.72. The van der Waals surface area contributed by atoms with Crippen LogP contribution in [-0.4, -0.2) is 5.11 Å². The molecule has 1 aliphatic rings. The molecule has 0 heterocycles. The zero-order valence-corrected chi connectivity index (χ0v) is 8.30. The largest absolute Gasteiger partial charge is 0.508 e. The van der Waals surface area contributed by atoms with Gasteiger partial charge in [0.05, 0.1) is 0 Å². The fraction of sp³-hybridized carbons (Fsp3) is 0.500. The molecule has 0 saturated heterocycles. The number of phenolic OH excluding ortho intramolecular Hbond substituents is 1. The average Bonchev–Trinajstić information content (AvgIpc) is 2.02. The highest BCUT2D eigenvalue weighted by molar-refractivity contribution is 5.45. The van der Waals surface area contributed by atoms with Crippen LogP contribution in [0.1, 0.15) is 37.8 Å². The Hall–Kier alpha value is -0.980. The summed E-state index contributed by atoms with van der Waals surface area (Å²) in [4.78, 5) is 0. The van der Waals surface area contributed by atoms with Gasteiger partial charge in [0.15, 0.2) is 0 Å². The Kier molecular flexibility index (Phi) is 1.83. The lowest BCUT2D eigenvalue weighted by Crippen LogP contribution is -2.23. The molecule has 13 heavy (non-hydrogen) atoms. The molecule has 0 saturated carbocycles. The number of benzene rings is 1. The molecule has 2 rings (SSSR count). The molecule has 0 unspecified atom stereocenters. The fourth-order valence-electron chi connectivity index (χ4n) is 2.42. The molecule has 0 atom stereocenters. The van der Waals surface area contributed by atoms with Crippen molar-refractivity contribution in [2.24, 2.45) is 0 Å². The van der Waals surface area contributed by atoms with Crippen LogP contribution in [0.4, 0.5) is 0 Å². The predicted octanol–water partition coefficient (Wildman–Crippen LogP) is 3.01. The van der Waals surface area contributed by atoms with E-state index in [9.17, 15) is 5.11 Å². The van der Waals surface area contributed by atoms with Crippen LogP contribution in [-0.2, 0) is 11.8 Å². The van der Waals surface area contributed by atoms with Gasteiger partial charge in [-0.2, -0.15) is 0 Å². The standard InChI is InChI=1S/C12H16O/c1-12(2)8-4-6-9-5-3-7-10(13)11(9)12/h3,5,7,13H,4,6,8H2,1-2H3. The minimum absolute atomic E-state index is 0.152. The normalized spacial score (nSPS) is 19.5. The summed E-state index contributed by atoms with van der Waals surface area (Å²) in [5, 5.41) is 9.79. The van der Waals surface area contributed by atoms with Crippen molar-refractivity contribution in [1.82, 2.24) is 0 Å².